The first-order valence-electron chi connectivity index (χ1n) is 10.4. The van der Waals surface area contributed by atoms with E-state index in [-0.39, 0.29) is 36.1 Å². The molecule has 8 nitrogen and oxygen atoms in total. The van der Waals surface area contributed by atoms with Crippen LogP contribution in [0.4, 0.5) is 5.69 Å². The molecule has 0 spiro atoms. The Morgan fingerprint density at radius 1 is 0.903 bits per heavy atom. The van der Waals surface area contributed by atoms with Crippen molar-refractivity contribution >= 4 is 29.3 Å². The predicted molar refractivity (Wildman–Crippen MR) is 112 cm³/mol. The van der Waals surface area contributed by atoms with E-state index in [0.717, 1.165) is 34.6 Å². The summed E-state index contributed by atoms with van der Waals surface area (Å²) in [6.45, 7) is 0. The van der Waals surface area contributed by atoms with Gasteiger partial charge in [0.2, 0.25) is 11.8 Å². The average molecular weight is 418 g/mol. The van der Waals surface area contributed by atoms with E-state index >= 15 is 0 Å². The zero-order valence-corrected chi connectivity index (χ0v) is 16.8. The number of nitrogens with one attached hydrogen (secondary N) is 2. The van der Waals surface area contributed by atoms with Gasteiger partial charge in [0.15, 0.2) is 0 Å². The molecule has 8 heteroatoms. The van der Waals surface area contributed by atoms with Crippen LogP contribution in [0.5, 0.6) is 0 Å². The van der Waals surface area contributed by atoms with Crippen molar-refractivity contribution in [2.24, 2.45) is 5.73 Å². The van der Waals surface area contributed by atoms with Crippen molar-refractivity contribution in [2.45, 2.75) is 43.8 Å². The fourth-order valence-corrected chi connectivity index (χ4v) is 4.74. The lowest BCUT2D eigenvalue weighted by Gasteiger charge is -2.31. The number of nitrogens with zero attached hydrogens (tertiary/aromatic N) is 1. The van der Waals surface area contributed by atoms with Crippen molar-refractivity contribution in [3.05, 3.63) is 64.7 Å². The highest BCUT2D eigenvalue weighted by Crippen LogP contribution is 2.37. The Kier molecular flexibility index (Phi) is 4.59. The largest absolute Gasteiger partial charge is 0.378 e. The van der Waals surface area contributed by atoms with Gasteiger partial charge in [0.1, 0.15) is 6.04 Å². The van der Waals surface area contributed by atoms with Crippen LogP contribution in [0.2, 0.25) is 0 Å². The lowest BCUT2D eigenvalue weighted by Crippen LogP contribution is -2.54. The van der Waals surface area contributed by atoms with E-state index in [4.69, 9.17) is 5.73 Å². The molecule has 3 aliphatic rings. The van der Waals surface area contributed by atoms with Gasteiger partial charge >= 0.3 is 0 Å². The number of anilines is 1. The monoisotopic (exact) mass is 418 g/mol. The SMILES string of the molecule is NC1CCC(Nc2ccc3c(c2)C(=O)N(C2CCC(=O)NC2=O)C3=O)c2ccccc21. The molecule has 5 rings (SSSR count). The minimum absolute atomic E-state index is 0.00977. The zero-order valence-electron chi connectivity index (χ0n) is 16.8. The van der Waals surface area contributed by atoms with Crippen molar-refractivity contribution in [1.29, 1.82) is 0 Å². The van der Waals surface area contributed by atoms with E-state index in [9.17, 15) is 19.2 Å². The van der Waals surface area contributed by atoms with E-state index in [1.165, 1.54) is 0 Å². The molecule has 1 fully saturated rings. The molecule has 31 heavy (non-hydrogen) atoms. The Bertz CT molecular complexity index is 1130. The molecule has 2 aromatic carbocycles. The third kappa shape index (κ3) is 3.19. The molecule has 158 valence electrons. The van der Waals surface area contributed by atoms with Crippen molar-refractivity contribution in [2.75, 3.05) is 5.32 Å². The molecule has 4 N–H and O–H groups in total. The summed E-state index contributed by atoms with van der Waals surface area (Å²) in [4.78, 5) is 50.5. The van der Waals surface area contributed by atoms with Crippen molar-refractivity contribution < 1.29 is 19.2 Å². The topological polar surface area (TPSA) is 122 Å². The molecule has 1 aliphatic carbocycles. The molecule has 3 atom stereocenters. The number of benzene rings is 2. The standard InChI is InChI=1S/C23H22N4O4/c24-17-7-8-18(14-4-2-1-3-13(14)17)25-12-5-6-15-16(11-12)23(31)27(22(15)30)19-9-10-20(28)26-21(19)29/h1-6,11,17-19,25H,7-10,24H2,(H,26,28,29). The van der Waals surface area contributed by atoms with Crippen molar-refractivity contribution in [3.63, 3.8) is 0 Å². The van der Waals surface area contributed by atoms with Crippen molar-refractivity contribution in [3.8, 4) is 0 Å². The van der Waals surface area contributed by atoms with Crippen LogP contribution in [0.15, 0.2) is 42.5 Å². The number of carbonyl (C=O) groups excluding carboxylic acids is 4. The van der Waals surface area contributed by atoms with E-state index in [1.54, 1.807) is 18.2 Å². The molecule has 0 radical (unpaired) electrons. The third-order valence-corrected chi connectivity index (χ3v) is 6.32. The molecule has 2 aliphatic heterocycles. The normalized spacial score (nSPS) is 25.2. The Hall–Kier alpha value is -3.52. The molecular weight excluding hydrogens is 396 g/mol. The minimum Gasteiger partial charge on any atom is -0.378 e. The first-order valence-corrected chi connectivity index (χ1v) is 10.4. The van der Waals surface area contributed by atoms with E-state index in [2.05, 4.69) is 16.7 Å². The molecular formula is C23H22N4O4. The fraction of sp³-hybridized carbons (Fsp3) is 0.304. The summed E-state index contributed by atoms with van der Waals surface area (Å²) in [5.74, 6) is -2.02. The smallest absolute Gasteiger partial charge is 0.262 e. The second-order valence-corrected chi connectivity index (χ2v) is 8.22. The molecule has 0 aromatic heterocycles. The predicted octanol–water partition coefficient (Wildman–Crippen LogP) is 2.03. The molecule has 2 heterocycles. The van der Waals surface area contributed by atoms with Gasteiger partial charge in [-0.25, -0.2) is 0 Å². The summed E-state index contributed by atoms with van der Waals surface area (Å²) in [7, 11) is 0. The second-order valence-electron chi connectivity index (χ2n) is 8.22. The number of imide groups is 2. The number of piperidine rings is 1. The van der Waals surface area contributed by atoms with Gasteiger partial charge in [0, 0.05) is 18.2 Å². The molecule has 1 saturated heterocycles. The number of hydrogen-bond donors (Lipinski definition) is 3. The molecule has 2 aromatic rings. The van der Waals surface area contributed by atoms with Gasteiger partial charge in [0.25, 0.3) is 11.8 Å². The Balaban J connectivity index is 1.41. The summed E-state index contributed by atoms with van der Waals surface area (Å²) in [6, 6.07) is 12.2. The van der Waals surface area contributed by atoms with Crippen molar-refractivity contribution in [1.82, 2.24) is 10.2 Å². The Labute approximate surface area is 178 Å². The number of rotatable bonds is 3. The van der Waals surface area contributed by atoms with E-state index in [0.29, 0.717) is 0 Å². The quantitative estimate of drug-likeness (QED) is 0.656. The summed E-state index contributed by atoms with van der Waals surface area (Å²) in [6.07, 6.45) is 1.94. The van der Waals surface area contributed by atoms with Crippen LogP contribution >= 0.6 is 0 Å². The summed E-state index contributed by atoms with van der Waals surface area (Å²) in [5.41, 5.74) is 9.75. The molecule has 4 amide bonds. The first-order chi connectivity index (χ1) is 14.9. The number of nitrogens with two attached hydrogens (primary N) is 1. The lowest BCUT2D eigenvalue weighted by atomic mass is 9.84. The highest BCUT2D eigenvalue weighted by atomic mass is 16.2. The van der Waals surface area contributed by atoms with Gasteiger partial charge < -0.3 is 11.1 Å². The van der Waals surface area contributed by atoms with Crippen LogP contribution in [0.3, 0.4) is 0 Å². The van der Waals surface area contributed by atoms with Gasteiger partial charge in [-0.15, -0.1) is 0 Å². The van der Waals surface area contributed by atoms with Gasteiger partial charge in [-0.1, -0.05) is 24.3 Å². The Morgan fingerprint density at radius 3 is 2.42 bits per heavy atom. The van der Waals surface area contributed by atoms with Gasteiger partial charge in [0.05, 0.1) is 17.2 Å². The fourth-order valence-electron chi connectivity index (χ4n) is 4.74. The maximum absolute atomic E-state index is 13.0. The van der Waals surface area contributed by atoms with Crippen LogP contribution in [0.1, 0.15) is 69.6 Å². The van der Waals surface area contributed by atoms with Gasteiger partial charge in [-0.05, 0) is 48.6 Å². The van der Waals surface area contributed by atoms with Crippen LogP contribution in [0, 0.1) is 0 Å². The van der Waals surface area contributed by atoms with Crippen LogP contribution < -0.4 is 16.4 Å². The zero-order chi connectivity index (χ0) is 21.7. The van der Waals surface area contributed by atoms with Crippen LogP contribution in [-0.2, 0) is 9.59 Å². The summed E-state index contributed by atoms with van der Waals surface area (Å²) < 4.78 is 0. The van der Waals surface area contributed by atoms with Crippen LogP contribution in [-0.4, -0.2) is 34.6 Å². The number of hydrogen-bond acceptors (Lipinski definition) is 6. The number of fused-ring (bicyclic) bond motifs is 2. The number of carbonyl (C=O) groups is 4. The highest BCUT2D eigenvalue weighted by Gasteiger charge is 2.44. The summed E-state index contributed by atoms with van der Waals surface area (Å²) in [5, 5.41) is 5.68. The second kappa shape index (κ2) is 7.31. The molecule has 3 unspecified atom stereocenters. The number of amides is 4. The van der Waals surface area contributed by atoms with E-state index < -0.39 is 29.7 Å². The first kappa shape index (κ1) is 19.4. The lowest BCUT2D eigenvalue weighted by molar-refractivity contribution is -0.136. The molecule has 0 saturated carbocycles. The highest BCUT2D eigenvalue weighted by molar-refractivity contribution is 6.23. The third-order valence-electron chi connectivity index (χ3n) is 6.32. The van der Waals surface area contributed by atoms with Gasteiger partial charge in [-0.2, -0.15) is 0 Å². The molecule has 0 bridgehead atoms. The average Bonchev–Trinajstić information content (AvgIpc) is 3.00. The Morgan fingerprint density at radius 2 is 1.65 bits per heavy atom. The summed E-state index contributed by atoms with van der Waals surface area (Å²) >= 11 is 0. The van der Waals surface area contributed by atoms with E-state index in [1.807, 2.05) is 18.2 Å². The maximum atomic E-state index is 13.0. The van der Waals surface area contributed by atoms with Crippen LogP contribution in [0.25, 0.3) is 0 Å². The van der Waals surface area contributed by atoms with Gasteiger partial charge in [-0.3, -0.25) is 29.4 Å². The minimum atomic E-state index is -0.965. The maximum Gasteiger partial charge on any atom is 0.262 e.